The lowest BCUT2D eigenvalue weighted by Crippen LogP contribution is -2.58. The molecule has 30 heavy (non-hydrogen) atoms. The number of nitrogens with one attached hydrogen (secondary N) is 1. The van der Waals surface area contributed by atoms with Gasteiger partial charge in [-0.1, -0.05) is 6.07 Å². The number of anilines is 1. The van der Waals surface area contributed by atoms with Gasteiger partial charge in [-0.15, -0.1) is 11.3 Å². The van der Waals surface area contributed by atoms with E-state index in [0.29, 0.717) is 16.3 Å². The van der Waals surface area contributed by atoms with Crippen molar-refractivity contribution in [3.05, 3.63) is 45.3 Å². The summed E-state index contributed by atoms with van der Waals surface area (Å²) >= 11 is 6.73. The summed E-state index contributed by atoms with van der Waals surface area (Å²) in [6, 6.07) is 7.83. The lowest BCUT2D eigenvalue weighted by molar-refractivity contribution is -0.130. The number of rotatable bonds is 3. The van der Waals surface area contributed by atoms with E-state index in [2.05, 4.69) is 16.4 Å². The second kappa shape index (κ2) is 8.09. The van der Waals surface area contributed by atoms with E-state index in [-0.39, 0.29) is 5.11 Å². The Morgan fingerprint density at radius 2 is 2.03 bits per heavy atom. The van der Waals surface area contributed by atoms with Gasteiger partial charge in [0.05, 0.1) is 11.3 Å². The number of amides is 2. The predicted octanol–water partition coefficient (Wildman–Crippen LogP) is 3.88. The molecule has 1 atom stereocenters. The fraction of sp³-hybridized carbons (Fsp3) is 0.318. The second-order valence-corrected chi connectivity index (χ2v) is 8.97. The third-order valence-electron chi connectivity index (χ3n) is 5.56. The molecule has 6 nitrogen and oxygen atoms in total. The Kier molecular flexibility index (Phi) is 5.50. The number of nitrogens with zero attached hydrogens (tertiary/aromatic N) is 3. The van der Waals surface area contributed by atoms with Crippen LogP contribution in [0.4, 0.5) is 10.7 Å². The van der Waals surface area contributed by atoms with E-state index in [1.165, 1.54) is 27.3 Å². The molecule has 0 bridgehead atoms. The van der Waals surface area contributed by atoms with Crippen LogP contribution in [0.5, 0.6) is 0 Å². The van der Waals surface area contributed by atoms with Gasteiger partial charge in [0, 0.05) is 11.1 Å². The average molecular weight is 437 g/mol. The minimum atomic E-state index is -1.11. The molecule has 1 fully saturated rings. The van der Waals surface area contributed by atoms with E-state index < -0.39 is 17.7 Å². The van der Waals surface area contributed by atoms with Crippen LogP contribution in [0.25, 0.3) is 0 Å². The number of carbonyl (C=O) groups is 2. The summed E-state index contributed by atoms with van der Waals surface area (Å²) < 4.78 is 0. The molecule has 152 valence electrons. The number of thiocarbonyl (C=S) groups is 1. The first-order chi connectivity index (χ1) is 14.4. The van der Waals surface area contributed by atoms with Crippen LogP contribution in [-0.2, 0) is 22.4 Å². The van der Waals surface area contributed by atoms with Crippen molar-refractivity contribution in [3.8, 4) is 6.07 Å². The third kappa shape index (κ3) is 3.55. The van der Waals surface area contributed by atoms with E-state index >= 15 is 0 Å². The molecule has 1 saturated heterocycles. The van der Waals surface area contributed by atoms with Crippen molar-refractivity contribution in [2.45, 2.75) is 39.5 Å². The molecule has 1 N–H and O–H groups in total. The second-order valence-electron chi connectivity index (χ2n) is 7.50. The number of carbonyl (C=O) groups excluding carboxylic acids is 2. The molecule has 1 aliphatic carbocycles. The summed E-state index contributed by atoms with van der Waals surface area (Å²) in [5.74, 6) is -2.06. The largest absolute Gasteiger partial charge is 0.301 e. The Labute approximate surface area is 184 Å². The molecule has 0 unspecified atom stereocenters. The number of benzene rings is 1. The number of hydrogen-bond donors (Lipinski definition) is 1. The zero-order valence-electron chi connectivity index (χ0n) is 16.7. The van der Waals surface area contributed by atoms with Gasteiger partial charge >= 0.3 is 0 Å². The van der Waals surface area contributed by atoms with E-state index in [9.17, 15) is 14.9 Å². The molecule has 2 aromatic rings. The van der Waals surface area contributed by atoms with Crippen molar-refractivity contribution in [1.29, 1.82) is 5.26 Å². The fourth-order valence-electron chi connectivity index (χ4n) is 3.73. The highest BCUT2D eigenvalue weighted by Gasteiger charge is 2.38. The zero-order chi connectivity index (χ0) is 21.4. The lowest BCUT2D eigenvalue weighted by Gasteiger charge is -2.31. The van der Waals surface area contributed by atoms with Crippen molar-refractivity contribution in [1.82, 2.24) is 5.32 Å². The van der Waals surface area contributed by atoms with E-state index in [1.54, 1.807) is 6.07 Å². The zero-order valence-corrected chi connectivity index (χ0v) is 18.3. The van der Waals surface area contributed by atoms with Gasteiger partial charge in [-0.25, -0.2) is 4.99 Å². The molecule has 8 heteroatoms. The Hall–Kier alpha value is -2.89. The fourth-order valence-corrected chi connectivity index (χ4v) is 5.22. The highest BCUT2D eigenvalue weighted by atomic mass is 32.1. The number of fused-ring (bicyclic) bond motifs is 1. The monoisotopic (exact) mass is 436 g/mol. The molecule has 2 aliphatic rings. The van der Waals surface area contributed by atoms with Gasteiger partial charge < -0.3 is 5.32 Å². The molecule has 0 saturated carbocycles. The van der Waals surface area contributed by atoms with Crippen LogP contribution in [0, 0.1) is 31.1 Å². The minimum absolute atomic E-state index is 0.0576. The van der Waals surface area contributed by atoms with Crippen LogP contribution in [-0.4, -0.2) is 23.1 Å². The molecule has 2 heterocycles. The first kappa shape index (κ1) is 20.4. The number of thiophene rings is 1. The Balaban J connectivity index is 1.65. The van der Waals surface area contributed by atoms with Crippen LogP contribution in [0.3, 0.4) is 0 Å². The first-order valence-corrected chi connectivity index (χ1v) is 11.0. The Morgan fingerprint density at radius 1 is 1.27 bits per heavy atom. The van der Waals surface area contributed by atoms with Gasteiger partial charge in [0.2, 0.25) is 5.91 Å². The maximum atomic E-state index is 13.1. The summed E-state index contributed by atoms with van der Waals surface area (Å²) in [6.45, 7) is 3.94. The number of aliphatic imine (C=N–C) groups is 1. The standard InChI is InChI=1S/C22H20N4O2S2/c1-12-7-8-14(9-13(12)2)26-21(28)17(19(27)25-22(26)29)11-24-20-16(10-23)15-5-3-4-6-18(15)30-20/h7-9,11,17H,3-6H2,1-2H3,(H,25,27,29)/t17-/m0/s1. The molecule has 2 amide bonds. The van der Waals surface area contributed by atoms with Gasteiger partial charge in [-0.2, -0.15) is 5.26 Å². The van der Waals surface area contributed by atoms with Gasteiger partial charge in [0.25, 0.3) is 5.91 Å². The van der Waals surface area contributed by atoms with Gasteiger partial charge in [-0.05, 0) is 80.6 Å². The lowest BCUT2D eigenvalue weighted by atomic mass is 9.96. The van der Waals surface area contributed by atoms with E-state index in [1.807, 2.05) is 26.0 Å². The van der Waals surface area contributed by atoms with Gasteiger partial charge in [-0.3, -0.25) is 14.5 Å². The molecule has 1 aromatic carbocycles. The summed E-state index contributed by atoms with van der Waals surface area (Å²) in [7, 11) is 0. The maximum Gasteiger partial charge on any atom is 0.251 e. The Bertz CT molecular complexity index is 1140. The maximum absolute atomic E-state index is 13.1. The SMILES string of the molecule is Cc1ccc(N2C(=O)[C@@H](C=Nc3sc4c(c3C#N)CCCC4)C(=O)NC2=S)cc1C. The summed E-state index contributed by atoms with van der Waals surface area (Å²) in [5.41, 5.74) is 4.36. The van der Waals surface area contributed by atoms with E-state index in [4.69, 9.17) is 12.2 Å². The van der Waals surface area contributed by atoms with E-state index in [0.717, 1.165) is 42.4 Å². The molecule has 0 radical (unpaired) electrons. The highest BCUT2D eigenvalue weighted by molar-refractivity contribution is 7.80. The van der Waals surface area contributed by atoms with Crippen LogP contribution in [0.1, 0.15) is 40.0 Å². The average Bonchev–Trinajstić information content (AvgIpc) is 3.07. The predicted molar refractivity (Wildman–Crippen MR) is 121 cm³/mol. The molecule has 1 aliphatic heterocycles. The normalized spacial score (nSPS) is 19.0. The quantitative estimate of drug-likeness (QED) is 0.449. The smallest absolute Gasteiger partial charge is 0.251 e. The van der Waals surface area contributed by atoms with Crippen LogP contribution in [0.2, 0.25) is 0 Å². The van der Waals surface area contributed by atoms with Crippen molar-refractivity contribution in [3.63, 3.8) is 0 Å². The highest BCUT2D eigenvalue weighted by Crippen LogP contribution is 2.39. The van der Waals surface area contributed by atoms with Crippen molar-refractivity contribution in [2.75, 3.05) is 4.90 Å². The summed E-state index contributed by atoms with van der Waals surface area (Å²) in [4.78, 5) is 32.6. The van der Waals surface area contributed by atoms with Crippen LogP contribution >= 0.6 is 23.6 Å². The number of nitriles is 1. The first-order valence-electron chi connectivity index (χ1n) is 9.75. The summed E-state index contributed by atoms with van der Waals surface area (Å²) in [6.07, 6.45) is 5.33. The van der Waals surface area contributed by atoms with Crippen LogP contribution in [0.15, 0.2) is 23.2 Å². The van der Waals surface area contributed by atoms with Crippen molar-refractivity contribution < 1.29 is 9.59 Å². The third-order valence-corrected chi connectivity index (χ3v) is 7.04. The topological polar surface area (TPSA) is 85.6 Å². The van der Waals surface area contributed by atoms with Crippen molar-refractivity contribution in [2.24, 2.45) is 10.9 Å². The van der Waals surface area contributed by atoms with Crippen LogP contribution < -0.4 is 10.2 Å². The Morgan fingerprint density at radius 3 is 2.77 bits per heavy atom. The number of aryl methyl sites for hydroxylation is 3. The minimum Gasteiger partial charge on any atom is -0.301 e. The molecule has 1 aromatic heterocycles. The molecular weight excluding hydrogens is 416 g/mol. The summed E-state index contributed by atoms with van der Waals surface area (Å²) in [5, 5.41) is 12.8. The molecular formula is C22H20N4O2S2. The molecule has 0 spiro atoms. The van der Waals surface area contributed by atoms with Gasteiger partial charge in [0.15, 0.2) is 11.0 Å². The number of hydrogen-bond acceptors (Lipinski definition) is 6. The van der Waals surface area contributed by atoms with Gasteiger partial charge in [0.1, 0.15) is 11.1 Å². The molecule has 4 rings (SSSR count). The van der Waals surface area contributed by atoms with Crippen molar-refractivity contribution >= 4 is 57.4 Å².